The van der Waals surface area contributed by atoms with E-state index in [2.05, 4.69) is 62.2 Å². The number of nitrogens with zero attached hydrogens (tertiary/aromatic N) is 1. The van der Waals surface area contributed by atoms with Crippen molar-refractivity contribution in [2.45, 2.75) is 65.1 Å². The fourth-order valence-corrected chi connectivity index (χ4v) is 3.75. The van der Waals surface area contributed by atoms with Crippen LogP contribution >= 0.6 is 0 Å². The summed E-state index contributed by atoms with van der Waals surface area (Å²) in [5.41, 5.74) is 3.07. The molecule has 0 aromatic heterocycles. The summed E-state index contributed by atoms with van der Waals surface area (Å²) in [4.78, 5) is 2.66. The fourth-order valence-electron chi connectivity index (χ4n) is 3.75. The van der Waals surface area contributed by atoms with Crippen LogP contribution in [0, 0.1) is 0 Å². The van der Waals surface area contributed by atoms with Gasteiger partial charge in [0, 0.05) is 18.1 Å². The monoisotopic (exact) mass is 274 g/mol. The average Bonchev–Trinajstić information content (AvgIpc) is 2.61. The van der Waals surface area contributed by atoms with E-state index in [-0.39, 0.29) is 0 Å². The quantitative estimate of drug-likeness (QED) is 0.822. The highest BCUT2D eigenvalue weighted by atomic mass is 15.2. The van der Waals surface area contributed by atoms with Crippen LogP contribution in [-0.2, 0) is 6.42 Å². The van der Waals surface area contributed by atoms with Crippen molar-refractivity contribution in [3.05, 3.63) is 35.4 Å². The summed E-state index contributed by atoms with van der Waals surface area (Å²) in [6, 6.07) is 10.7. The van der Waals surface area contributed by atoms with Gasteiger partial charge in [-0.2, -0.15) is 0 Å². The van der Waals surface area contributed by atoms with E-state index in [9.17, 15) is 0 Å². The standard InChI is InChI=1S/C18H30N2/c1-5-19-18-16-12-8-7-10-15(16)11-9-13-17(18)20(6-2)14(3)4/h7-8,10,12,14,17-19H,5-6,9,11,13H2,1-4H3. The van der Waals surface area contributed by atoms with Gasteiger partial charge in [0.15, 0.2) is 0 Å². The highest BCUT2D eigenvalue weighted by Crippen LogP contribution is 2.32. The van der Waals surface area contributed by atoms with Crippen molar-refractivity contribution in [2.75, 3.05) is 13.1 Å². The molecule has 1 aromatic carbocycles. The number of fused-ring (bicyclic) bond motifs is 1. The minimum atomic E-state index is 0.473. The molecule has 0 saturated heterocycles. The van der Waals surface area contributed by atoms with Crippen molar-refractivity contribution in [2.24, 2.45) is 0 Å². The molecule has 0 fully saturated rings. The van der Waals surface area contributed by atoms with Gasteiger partial charge in [0.05, 0.1) is 0 Å². The third-order valence-electron chi connectivity index (χ3n) is 4.60. The molecule has 1 aromatic rings. The van der Waals surface area contributed by atoms with Gasteiger partial charge < -0.3 is 5.32 Å². The van der Waals surface area contributed by atoms with Gasteiger partial charge in [-0.1, -0.05) is 38.1 Å². The lowest BCUT2D eigenvalue weighted by Gasteiger charge is -2.39. The topological polar surface area (TPSA) is 15.3 Å². The highest BCUT2D eigenvalue weighted by molar-refractivity contribution is 5.32. The molecule has 112 valence electrons. The second kappa shape index (κ2) is 7.24. The molecule has 1 aliphatic rings. The molecular weight excluding hydrogens is 244 g/mol. The number of hydrogen-bond donors (Lipinski definition) is 1. The van der Waals surface area contributed by atoms with Gasteiger partial charge in [0.25, 0.3) is 0 Å². The third-order valence-corrected chi connectivity index (χ3v) is 4.60. The van der Waals surface area contributed by atoms with Crippen LogP contribution in [0.3, 0.4) is 0 Å². The van der Waals surface area contributed by atoms with Gasteiger partial charge in [-0.15, -0.1) is 0 Å². The Hall–Kier alpha value is -0.860. The van der Waals surface area contributed by atoms with Crippen LogP contribution in [0.25, 0.3) is 0 Å². The van der Waals surface area contributed by atoms with Gasteiger partial charge in [-0.3, -0.25) is 4.90 Å². The Morgan fingerprint density at radius 3 is 2.65 bits per heavy atom. The predicted molar refractivity (Wildman–Crippen MR) is 87.1 cm³/mol. The number of hydrogen-bond acceptors (Lipinski definition) is 2. The molecule has 0 radical (unpaired) electrons. The lowest BCUT2D eigenvalue weighted by atomic mass is 9.94. The smallest absolute Gasteiger partial charge is 0.0480 e. The number of rotatable bonds is 5. The SMILES string of the molecule is CCNC1c2ccccc2CCCC1N(CC)C(C)C. The van der Waals surface area contributed by atoms with Gasteiger partial charge in [-0.25, -0.2) is 0 Å². The number of nitrogens with one attached hydrogen (secondary N) is 1. The zero-order valence-electron chi connectivity index (χ0n) is 13.5. The number of aryl methyl sites for hydroxylation is 1. The van der Waals surface area contributed by atoms with Gasteiger partial charge in [0.2, 0.25) is 0 Å². The second-order valence-electron chi connectivity index (χ2n) is 6.12. The highest BCUT2D eigenvalue weighted by Gasteiger charge is 2.31. The molecule has 0 spiro atoms. The maximum absolute atomic E-state index is 3.76. The molecule has 1 aliphatic carbocycles. The lowest BCUT2D eigenvalue weighted by Crippen LogP contribution is -2.47. The molecule has 2 atom stereocenters. The molecule has 2 nitrogen and oxygen atoms in total. The first-order chi connectivity index (χ1) is 9.69. The maximum Gasteiger partial charge on any atom is 0.0480 e. The van der Waals surface area contributed by atoms with Gasteiger partial charge >= 0.3 is 0 Å². The van der Waals surface area contributed by atoms with E-state index in [1.54, 1.807) is 5.56 Å². The van der Waals surface area contributed by atoms with Crippen molar-refractivity contribution in [3.63, 3.8) is 0 Å². The Kier molecular flexibility index (Phi) is 5.62. The zero-order valence-corrected chi connectivity index (χ0v) is 13.5. The summed E-state index contributed by atoms with van der Waals surface area (Å²) >= 11 is 0. The van der Waals surface area contributed by atoms with E-state index < -0.39 is 0 Å². The third kappa shape index (κ3) is 3.24. The Balaban J connectivity index is 2.36. The summed E-state index contributed by atoms with van der Waals surface area (Å²) in [5, 5.41) is 3.76. The second-order valence-corrected chi connectivity index (χ2v) is 6.12. The largest absolute Gasteiger partial charge is 0.309 e. The molecule has 1 N–H and O–H groups in total. The molecule has 0 heterocycles. The molecule has 2 heteroatoms. The van der Waals surface area contributed by atoms with E-state index in [1.807, 2.05) is 0 Å². The fraction of sp³-hybridized carbons (Fsp3) is 0.667. The maximum atomic E-state index is 3.76. The average molecular weight is 274 g/mol. The van der Waals surface area contributed by atoms with Crippen molar-refractivity contribution in [3.8, 4) is 0 Å². The Morgan fingerprint density at radius 2 is 2.00 bits per heavy atom. The van der Waals surface area contributed by atoms with Crippen LogP contribution in [0.1, 0.15) is 57.7 Å². The van der Waals surface area contributed by atoms with Crippen molar-refractivity contribution < 1.29 is 0 Å². The molecular formula is C18H30N2. The molecule has 20 heavy (non-hydrogen) atoms. The molecule has 2 rings (SSSR count). The summed E-state index contributed by atoms with van der Waals surface area (Å²) in [6.07, 6.45) is 3.81. The summed E-state index contributed by atoms with van der Waals surface area (Å²) in [5.74, 6) is 0. The van der Waals surface area contributed by atoms with E-state index in [0.717, 1.165) is 13.1 Å². The van der Waals surface area contributed by atoms with Crippen LogP contribution in [0.4, 0.5) is 0 Å². The lowest BCUT2D eigenvalue weighted by molar-refractivity contribution is 0.120. The first-order valence-corrected chi connectivity index (χ1v) is 8.25. The van der Waals surface area contributed by atoms with Gasteiger partial charge in [-0.05, 0) is 57.3 Å². The molecule has 0 amide bonds. The normalized spacial score (nSPS) is 22.9. The van der Waals surface area contributed by atoms with Crippen molar-refractivity contribution in [1.29, 1.82) is 0 Å². The van der Waals surface area contributed by atoms with E-state index >= 15 is 0 Å². The molecule has 2 unspecified atom stereocenters. The zero-order chi connectivity index (χ0) is 14.5. The van der Waals surface area contributed by atoms with Crippen LogP contribution in [-0.4, -0.2) is 30.1 Å². The number of likely N-dealkylation sites (N-methyl/N-ethyl adjacent to an activating group) is 2. The minimum absolute atomic E-state index is 0.473. The summed E-state index contributed by atoms with van der Waals surface area (Å²) < 4.78 is 0. The first kappa shape index (κ1) is 15.5. The Bertz CT molecular complexity index is 414. The van der Waals surface area contributed by atoms with Gasteiger partial charge in [0.1, 0.15) is 0 Å². The minimum Gasteiger partial charge on any atom is -0.309 e. The van der Waals surface area contributed by atoms with Crippen molar-refractivity contribution in [1.82, 2.24) is 10.2 Å². The summed E-state index contributed by atoms with van der Waals surface area (Å²) in [6.45, 7) is 11.3. The Labute approximate surface area is 124 Å². The summed E-state index contributed by atoms with van der Waals surface area (Å²) in [7, 11) is 0. The number of benzene rings is 1. The molecule has 0 saturated carbocycles. The van der Waals surface area contributed by atoms with Crippen LogP contribution in [0.2, 0.25) is 0 Å². The Morgan fingerprint density at radius 1 is 1.25 bits per heavy atom. The molecule has 0 aliphatic heterocycles. The predicted octanol–water partition coefficient (Wildman–Crippen LogP) is 3.77. The van der Waals surface area contributed by atoms with E-state index in [0.29, 0.717) is 18.1 Å². The molecule has 0 bridgehead atoms. The first-order valence-electron chi connectivity index (χ1n) is 8.25. The van der Waals surface area contributed by atoms with Crippen molar-refractivity contribution >= 4 is 0 Å². The van der Waals surface area contributed by atoms with Crippen LogP contribution in [0.5, 0.6) is 0 Å². The van der Waals surface area contributed by atoms with E-state index in [1.165, 1.54) is 24.8 Å². The van der Waals surface area contributed by atoms with Crippen LogP contribution < -0.4 is 5.32 Å². The van der Waals surface area contributed by atoms with Crippen LogP contribution in [0.15, 0.2) is 24.3 Å². The van der Waals surface area contributed by atoms with E-state index in [4.69, 9.17) is 0 Å².